The second-order valence-corrected chi connectivity index (χ2v) is 7.30. The van der Waals surface area contributed by atoms with Crippen LogP contribution in [0.15, 0.2) is 42.5 Å². The molecule has 1 amide bonds. The molecule has 1 N–H and O–H groups in total. The standard InChI is InChI=1S/C20H20F2N4O2S/c1-3-26(11-13-4-9-17(28-2)16(22)10-13)12-18-24-25-20(29-18)19(27)23-15-7-5-14(21)6-8-15/h4-10H,3,11-12H2,1-2H3,(H,23,27). The number of nitrogens with one attached hydrogen (secondary N) is 1. The molecule has 0 radical (unpaired) electrons. The molecule has 0 saturated carbocycles. The predicted octanol–water partition coefficient (Wildman–Crippen LogP) is 4.10. The van der Waals surface area contributed by atoms with Gasteiger partial charge in [-0.15, -0.1) is 10.2 Å². The van der Waals surface area contributed by atoms with Gasteiger partial charge in [-0.1, -0.05) is 24.3 Å². The highest BCUT2D eigenvalue weighted by molar-refractivity contribution is 7.13. The fraction of sp³-hybridized carbons (Fsp3) is 0.250. The molecule has 9 heteroatoms. The van der Waals surface area contributed by atoms with Crippen molar-refractivity contribution in [3.05, 3.63) is 69.7 Å². The molecule has 3 aromatic rings. The van der Waals surface area contributed by atoms with E-state index in [0.29, 0.717) is 30.3 Å². The van der Waals surface area contributed by atoms with E-state index in [9.17, 15) is 13.6 Å². The van der Waals surface area contributed by atoms with Crippen LogP contribution in [-0.4, -0.2) is 34.7 Å². The molecule has 1 aromatic heterocycles. The maximum absolute atomic E-state index is 13.9. The number of carbonyl (C=O) groups excluding carboxylic acids is 1. The Bertz CT molecular complexity index is 979. The molecule has 29 heavy (non-hydrogen) atoms. The zero-order chi connectivity index (χ0) is 20.8. The fourth-order valence-electron chi connectivity index (χ4n) is 2.66. The molecule has 1 heterocycles. The molecule has 6 nitrogen and oxygen atoms in total. The number of halogens is 2. The maximum atomic E-state index is 13.9. The third kappa shape index (κ3) is 5.55. The van der Waals surface area contributed by atoms with Crippen LogP contribution < -0.4 is 10.1 Å². The van der Waals surface area contributed by atoms with E-state index in [1.54, 1.807) is 6.07 Å². The van der Waals surface area contributed by atoms with Gasteiger partial charge >= 0.3 is 0 Å². The van der Waals surface area contributed by atoms with Crippen molar-refractivity contribution in [1.29, 1.82) is 0 Å². The Balaban J connectivity index is 1.62. The summed E-state index contributed by atoms with van der Waals surface area (Å²) in [5.74, 6) is -0.979. The van der Waals surface area contributed by atoms with Crippen molar-refractivity contribution >= 4 is 22.9 Å². The summed E-state index contributed by atoms with van der Waals surface area (Å²) in [4.78, 5) is 14.4. The first-order chi connectivity index (χ1) is 14.0. The summed E-state index contributed by atoms with van der Waals surface area (Å²) in [6.07, 6.45) is 0. The minimum Gasteiger partial charge on any atom is -0.494 e. The Morgan fingerprint density at radius 1 is 1.14 bits per heavy atom. The van der Waals surface area contributed by atoms with Gasteiger partial charge in [0.15, 0.2) is 11.6 Å². The molecule has 0 spiro atoms. The fourth-order valence-corrected chi connectivity index (χ4v) is 3.44. The second kappa shape index (κ2) is 9.53. The first-order valence-corrected chi connectivity index (χ1v) is 9.74. The average molecular weight is 418 g/mol. The average Bonchev–Trinajstić information content (AvgIpc) is 3.18. The van der Waals surface area contributed by atoms with Gasteiger partial charge in [0.1, 0.15) is 10.8 Å². The number of rotatable bonds is 8. The minimum absolute atomic E-state index is 0.206. The summed E-state index contributed by atoms with van der Waals surface area (Å²) in [6.45, 7) is 3.70. The second-order valence-electron chi connectivity index (χ2n) is 6.23. The third-order valence-electron chi connectivity index (χ3n) is 4.19. The Labute approximate surface area is 171 Å². The smallest absolute Gasteiger partial charge is 0.286 e. The first kappa shape index (κ1) is 20.8. The molecule has 0 aliphatic carbocycles. The van der Waals surface area contributed by atoms with E-state index in [1.807, 2.05) is 13.0 Å². The van der Waals surface area contributed by atoms with Crippen LogP contribution in [0.1, 0.15) is 27.3 Å². The van der Waals surface area contributed by atoms with E-state index in [2.05, 4.69) is 20.4 Å². The van der Waals surface area contributed by atoms with Gasteiger partial charge < -0.3 is 10.1 Å². The molecule has 3 rings (SSSR count). The van der Waals surface area contributed by atoms with Crippen LogP contribution in [0.3, 0.4) is 0 Å². The van der Waals surface area contributed by atoms with Gasteiger partial charge in [0.2, 0.25) is 5.01 Å². The molecule has 0 saturated heterocycles. The van der Waals surface area contributed by atoms with Gasteiger partial charge in [-0.05, 0) is 48.5 Å². The number of aromatic nitrogens is 2. The number of methoxy groups -OCH3 is 1. The number of amides is 1. The highest BCUT2D eigenvalue weighted by atomic mass is 32.1. The Morgan fingerprint density at radius 3 is 2.55 bits per heavy atom. The molecule has 0 bridgehead atoms. The molecule has 0 aliphatic heterocycles. The molecule has 152 valence electrons. The lowest BCUT2D eigenvalue weighted by Crippen LogP contribution is -2.22. The highest BCUT2D eigenvalue weighted by Crippen LogP contribution is 2.20. The van der Waals surface area contributed by atoms with Crippen molar-refractivity contribution in [2.24, 2.45) is 0 Å². The van der Waals surface area contributed by atoms with Crippen molar-refractivity contribution < 1.29 is 18.3 Å². The molecule has 0 unspecified atom stereocenters. The van der Waals surface area contributed by atoms with Gasteiger partial charge in [-0.3, -0.25) is 9.69 Å². The van der Waals surface area contributed by atoms with Crippen molar-refractivity contribution in [3.8, 4) is 5.75 Å². The van der Waals surface area contributed by atoms with Crippen LogP contribution in [0.2, 0.25) is 0 Å². The summed E-state index contributed by atoms with van der Waals surface area (Å²) in [6, 6.07) is 10.3. The number of hydrogen-bond acceptors (Lipinski definition) is 6. The number of hydrogen-bond donors (Lipinski definition) is 1. The van der Waals surface area contributed by atoms with Gasteiger partial charge in [0.25, 0.3) is 5.91 Å². The lowest BCUT2D eigenvalue weighted by molar-refractivity contribution is 0.102. The normalized spacial score (nSPS) is 10.9. The van der Waals surface area contributed by atoms with Crippen molar-refractivity contribution in [1.82, 2.24) is 15.1 Å². The quantitative estimate of drug-likeness (QED) is 0.597. The van der Waals surface area contributed by atoms with Crippen LogP contribution in [0, 0.1) is 11.6 Å². The van der Waals surface area contributed by atoms with Gasteiger partial charge in [-0.25, -0.2) is 8.78 Å². The zero-order valence-electron chi connectivity index (χ0n) is 16.0. The van der Waals surface area contributed by atoms with E-state index < -0.39 is 11.7 Å². The van der Waals surface area contributed by atoms with Gasteiger partial charge in [0, 0.05) is 12.2 Å². The number of anilines is 1. The molecule has 0 atom stereocenters. The molecule has 2 aromatic carbocycles. The number of benzene rings is 2. The lowest BCUT2D eigenvalue weighted by Gasteiger charge is -2.19. The lowest BCUT2D eigenvalue weighted by atomic mass is 10.2. The number of ether oxygens (including phenoxy) is 1. The molecular weight excluding hydrogens is 398 g/mol. The predicted molar refractivity (Wildman–Crippen MR) is 107 cm³/mol. The van der Waals surface area contributed by atoms with E-state index in [-0.39, 0.29) is 16.6 Å². The summed E-state index contributed by atoms with van der Waals surface area (Å²) in [5.41, 5.74) is 1.29. The maximum Gasteiger partial charge on any atom is 0.286 e. The monoisotopic (exact) mass is 418 g/mol. The number of carbonyl (C=O) groups is 1. The Kier molecular flexibility index (Phi) is 6.84. The summed E-state index contributed by atoms with van der Waals surface area (Å²) in [5, 5.41) is 11.6. The molecular formula is C20H20F2N4O2S. The topological polar surface area (TPSA) is 67.3 Å². The van der Waals surface area contributed by atoms with Gasteiger partial charge in [-0.2, -0.15) is 0 Å². The first-order valence-electron chi connectivity index (χ1n) is 8.92. The summed E-state index contributed by atoms with van der Waals surface area (Å²) < 4.78 is 31.8. The number of nitrogens with zero attached hydrogens (tertiary/aromatic N) is 3. The van der Waals surface area contributed by atoms with Crippen LogP contribution in [0.4, 0.5) is 14.5 Å². The summed E-state index contributed by atoms with van der Waals surface area (Å²) >= 11 is 1.18. The summed E-state index contributed by atoms with van der Waals surface area (Å²) in [7, 11) is 1.43. The van der Waals surface area contributed by atoms with Crippen molar-refractivity contribution in [3.63, 3.8) is 0 Å². The van der Waals surface area contributed by atoms with Gasteiger partial charge in [0.05, 0.1) is 13.7 Å². The molecule has 0 aliphatic rings. The van der Waals surface area contributed by atoms with Crippen LogP contribution in [-0.2, 0) is 13.1 Å². The third-order valence-corrected chi connectivity index (χ3v) is 5.10. The van der Waals surface area contributed by atoms with E-state index in [4.69, 9.17) is 4.74 Å². The van der Waals surface area contributed by atoms with E-state index in [1.165, 1.54) is 48.8 Å². The van der Waals surface area contributed by atoms with Crippen LogP contribution >= 0.6 is 11.3 Å². The van der Waals surface area contributed by atoms with Crippen LogP contribution in [0.5, 0.6) is 5.75 Å². The minimum atomic E-state index is -0.406. The SMILES string of the molecule is CCN(Cc1ccc(OC)c(F)c1)Cc1nnc(C(=O)Nc2ccc(F)cc2)s1. The van der Waals surface area contributed by atoms with E-state index in [0.717, 1.165) is 5.56 Å². The van der Waals surface area contributed by atoms with Crippen LogP contribution in [0.25, 0.3) is 0 Å². The van der Waals surface area contributed by atoms with Crippen molar-refractivity contribution in [2.75, 3.05) is 19.0 Å². The Hall–Kier alpha value is -2.91. The Morgan fingerprint density at radius 2 is 1.90 bits per heavy atom. The molecule has 0 fully saturated rings. The largest absolute Gasteiger partial charge is 0.494 e. The highest BCUT2D eigenvalue weighted by Gasteiger charge is 2.16. The zero-order valence-corrected chi connectivity index (χ0v) is 16.8. The van der Waals surface area contributed by atoms with Crippen molar-refractivity contribution in [2.45, 2.75) is 20.0 Å². The van der Waals surface area contributed by atoms with E-state index >= 15 is 0 Å².